The van der Waals surface area contributed by atoms with Crippen LogP contribution < -0.4 is 0 Å². The highest BCUT2D eigenvalue weighted by atomic mass is 15.1. The summed E-state index contributed by atoms with van der Waals surface area (Å²) in [7, 11) is 0. The molecule has 1 aliphatic rings. The van der Waals surface area contributed by atoms with Crippen molar-refractivity contribution in [3.8, 4) is 0 Å². The highest BCUT2D eigenvalue weighted by Gasteiger charge is 2.10. The summed E-state index contributed by atoms with van der Waals surface area (Å²) in [6.45, 7) is 12.5. The van der Waals surface area contributed by atoms with E-state index in [0.29, 0.717) is 0 Å². The van der Waals surface area contributed by atoms with Crippen molar-refractivity contribution in [1.82, 2.24) is 9.80 Å². The topological polar surface area (TPSA) is 6.48 Å². The normalized spacial score (nSPS) is 18.2. The molecule has 1 saturated heterocycles. The standard InChI is InChI=1S/C14H30N2/c1-3-9-15(10-4-2)13-8-14-16-11-6-5-7-12-16/h3-14H2,1-2H3. The smallest absolute Gasteiger partial charge is 0.000655 e. The van der Waals surface area contributed by atoms with E-state index in [0.717, 1.165) is 0 Å². The minimum absolute atomic E-state index is 1.29. The molecule has 0 aromatic heterocycles. The van der Waals surface area contributed by atoms with Crippen molar-refractivity contribution in [3.63, 3.8) is 0 Å². The Labute approximate surface area is 102 Å². The molecule has 1 fully saturated rings. The molecule has 0 amide bonds. The number of rotatable bonds is 8. The third kappa shape index (κ3) is 5.86. The molecule has 0 aliphatic carbocycles. The summed E-state index contributed by atoms with van der Waals surface area (Å²) in [5, 5.41) is 0. The third-order valence-corrected chi connectivity index (χ3v) is 3.48. The van der Waals surface area contributed by atoms with Gasteiger partial charge in [-0.3, -0.25) is 0 Å². The van der Waals surface area contributed by atoms with Gasteiger partial charge in [-0.15, -0.1) is 0 Å². The van der Waals surface area contributed by atoms with Crippen LogP contribution in [0.5, 0.6) is 0 Å². The van der Waals surface area contributed by atoms with Gasteiger partial charge in [0, 0.05) is 0 Å². The Morgan fingerprint density at radius 1 is 0.875 bits per heavy atom. The summed E-state index contributed by atoms with van der Waals surface area (Å²) in [6.07, 6.45) is 8.25. The van der Waals surface area contributed by atoms with Crippen molar-refractivity contribution in [1.29, 1.82) is 0 Å². The Morgan fingerprint density at radius 3 is 2.06 bits per heavy atom. The maximum absolute atomic E-state index is 2.65. The number of likely N-dealkylation sites (tertiary alicyclic amines) is 1. The molecule has 0 N–H and O–H groups in total. The molecule has 0 spiro atoms. The Morgan fingerprint density at radius 2 is 1.50 bits per heavy atom. The molecule has 1 rings (SSSR count). The van der Waals surface area contributed by atoms with Gasteiger partial charge in [0.25, 0.3) is 0 Å². The molecule has 0 unspecified atom stereocenters. The van der Waals surface area contributed by atoms with Crippen LogP contribution in [0.2, 0.25) is 0 Å². The van der Waals surface area contributed by atoms with Crippen LogP contribution in [0.1, 0.15) is 52.4 Å². The molecule has 16 heavy (non-hydrogen) atoms. The van der Waals surface area contributed by atoms with Gasteiger partial charge in [-0.1, -0.05) is 20.3 Å². The van der Waals surface area contributed by atoms with Crippen LogP contribution in [0.3, 0.4) is 0 Å². The molecular formula is C14H30N2. The Bertz CT molecular complexity index is 147. The first-order chi connectivity index (χ1) is 7.86. The van der Waals surface area contributed by atoms with E-state index in [-0.39, 0.29) is 0 Å². The van der Waals surface area contributed by atoms with Gasteiger partial charge in [0.1, 0.15) is 0 Å². The maximum atomic E-state index is 2.65. The Kier molecular flexibility index (Phi) is 7.87. The van der Waals surface area contributed by atoms with Crippen LogP contribution in [0.15, 0.2) is 0 Å². The predicted molar refractivity (Wildman–Crippen MR) is 71.9 cm³/mol. The third-order valence-electron chi connectivity index (χ3n) is 3.48. The Balaban J connectivity index is 2.06. The predicted octanol–water partition coefficient (Wildman–Crippen LogP) is 2.98. The van der Waals surface area contributed by atoms with E-state index in [1.807, 2.05) is 0 Å². The SMILES string of the molecule is CCCN(CCC)CCCN1CCCCC1. The molecule has 0 aromatic carbocycles. The first kappa shape index (κ1) is 14.0. The molecular weight excluding hydrogens is 196 g/mol. The molecule has 0 saturated carbocycles. The van der Waals surface area contributed by atoms with E-state index in [1.165, 1.54) is 77.8 Å². The minimum Gasteiger partial charge on any atom is -0.303 e. The highest BCUT2D eigenvalue weighted by molar-refractivity contribution is 4.65. The summed E-state index contributed by atoms with van der Waals surface area (Å²) in [4.78, 5) is 5.28. The van der Waals surface area contributed by atoms with Crippen LogP contribution in [-0.2, 0) is 0 Å². The molecule has 2 heteroatoms. The second-order valence-corrected chi connectivity index (χ2v) is 5.10. The van der Waals surface area contributed by atoms with E-state index < -0.39 is 0 Å². The fourth-order valence-corrected chi connectivity index (χ4v) is 2.67. The van der Waals surface area contributed by atoms with Crippen molar-refractivity contribution in [2.75, 3.05) is 39.3 Å². The largest absolute Gasteiger partial charge is 0.303 e. The van der Waals surface area contributed by atoms with Crippen molar-refractivity contribution in [2.45, 2.75) is 52.4 Å². The molecule has 1 aliphatic heterocycles. The zero-order chi connectivity index (χ0) is 11.6. The van der Waals surface area contributed by atoms with Gasteiger partial charge in [-0.2, -0.15) is 0 Å². The first-order valence-corrected chi connectivity index (χ1v) is 7.31. The number of hydrogen-bond acceptors (Lipinski definition) is 2. The van der Waals surface area contributed by atoms with Crippen LogP contribution in [0.25, 0.3) is 0 Å². The molecule has 0 aromatic rings. The van der Waals surface area contributed by atoms with E-state index >= 15 is 0 Å². The van der Waals surface area contributed by atoms with Crippen LogP contribution in [-0.4, -0.2) is 49.1 Å². The van der Waals surface area contributed by atoms with Gasteiger partial charge >= 0.3 is 0 Å². The van der Waals surface area contributed by atoms with Crippen LogP contribution in [0, 0.1) is 0 Å². The fraction of sp³-hybridized carbons (Fsp3) is 1.00. The van der Waals surface area contributed by atoms with Gasteiger partial charge in [0.2, 0.25) is 0 Å². The molecule has 1 heterocycles. The van der Waals surface area contributed by atoms with Crippen molar-refractivity contribution >= 4 is 0 Å². The lowest BCUT2D eigenvalue weighted by Crippen LogP contribution is -2.34. The number of piperidine rings is 1. The average Bonchev–Trinajstić information content (AvgIpc) is 2.31. The monoisotopic (exact) mass is 226 g/mol. The second-order valence-electron chi connectivity index (χ2n) is 5.10. The van der Waals surface area contributed by atoms with E-state index in [9.17, 15) is 0 Å². The maximum Gasteiger partial charge on any atom is -0.000655 e. The van der Waals surface area contributed by atoms with E-state index in [4.69, 9.17) is 0 Å². The van der Waals surface area contributed by atoms with Crippen molar-refractivity contribution in [3.05, 3.63) is 0 Å². The molecule has 2 nitrogen and oxygen atoms in total. The summed E-state index contributed by atoms with van der Waals surface area (Å²) in [5.41, 5.74) is 0. The lowest BCUT2D eigenvalue weighted by Gasteiger charge is -2.28. The van der Waals surface area contributed by atoms with Gasteiger partial charge in [-0.25, -0.2) is 0 Å². The zero-order valence-corrected chi connectivity index (χ0v) is 11.4. The number of nitrogens with zero attached hydrogens (tertiary/aromatic N) is 2. The first-order valence-electron chi connectivity index (χ1n) is 7.31. The fourth-order valence-electron chi connectivity index (χ4n) is 2.67. The lowest BCUT2D eigenvalue weighted by molar-refractivity contribution is 0.202. The molecule has 0 bridgehead atoms. The number of hydrogen-bond donors (Lipinski definition) is 0. The summed E-state index contributed by atoms with van der Waals surface area (Å²) < 4.78 is 0. The average molecular weight is 226 g/mol. The lowest BCUT2D eigenvalue weighted by atomic mass is 10.1. The molecule has 0 radical (unpaired) electrons. The highest BCUT2D eigenvalue weighted by Crippen LogP contribution is 2.09. The zero-order valence-electron chi connectivity index (χ0n) is 11.4. The van der Waals surface area contributed by atoms with Gasteiger partial charge in [0.15, 0.2) is 0 Å². The minimum atomic E-state index is 1.29. The Hall–Kier alpha value is -0.0800. The summed E-state index contributed by atoms with van der Waals surface area (Å²) >= 11 is 0. The molecule has 0 atom stereocenters. The van der Waals surface area contributed by atoms with Gasteiger partial charge < -0.3 is 9.80 Å². The van der Waals surface area contributed by atoms with E-state index in [2.05, 4.69) is 23.6 Å². The van der Waals surface area contributed by atoms with Crippen LogP contribution in [0.4, 0.5) is 0 Å². The van der Waals surface area contributed by atoms with Gasteiger partial charge in [-0.05, 0) is 71.4 Å². The van der Waals surface area contributed by atoms with Crippen molar-refractivity contribution in [2.24, 2.45) is 0 Å². The summed E-state index contributed by atoms with van der Waals surface area (Å²) in [5.74, 6) is 0. The second kappa shape index (κ2) is 9.00. The molecule has 96 valence electrons. The van der Waals surface area contributed by atoms with Gasteiger partial charge in [0.05, 0.1) is 0 Å². The van der Waals surface area contributed by atoms with Crippen molar-refractivity contribution < 1.29 is 0 Å². The quantitative estimate of drug-likeness (QED) is 0.628. The van der Waals surface area contributed by atoms with Crippen LogP contribution >= 0.6 is 0 Å². The summed E-state index contributed by atoms with van der Waals surface area (Å²) in [6, 6.07) is 0. The van der Waals surface area contributed by atoms with E-state index in [1.54, 1.807) is 0 Å².